The predicted molar refractivity (Wildman–Crippen MR) is 86.1 cm³/mol. The summed E-state index contributed by atoms with van der Waals surface area (Å²) in [4.78, 5) is 2.34. The predicted octanol–water partition coefficient (Wildman–Crippen LogP) is 2.11. The maximum absolute atomic E-state index is 10.7. The van der Waals surface area contributed by atoms with Crippen LogP contribution in [0.15, 0.2) is 24.3 Å². The van der Waals surface area contributed by atoms with Crippen LogP contribution in [0.3, 0.4) is 0 Å². The molecule has 1 aliphatic heterocycles. The van der Waals surface area contributed by atoms with Gasteiger partial charge in [0.15, 0.2) is 0 Å². The zero-order chi connectivity index (χ0) is 15.5. The van der Waals surface area contributed by atoms with E-state index in [1.807, 2.05) is 31.2 Å². The topological polar surface area (TPSA) is 52.9 Å². The Morgan fingerprint density at radius 3 is 2.59 bits per heavy atom. The highest BCUT2D eigenvalue weighted by atomic mass is 16.5. The lowest BCUT2D eigenvalue weighted by atomic mass is 9.87. The quantitative estimate of drug-likeness (QED) is 0.898. The first-order valence-corrected chi connectivity index (χ1v) is 8.47. The summed E-state index contributed by atoms with van der Waals surface area (Å²) in [6.07, 6.45) is 3.87. The molecule has 0 spiro atoms. The molecular weight excluding hydrogens is 278 g/mol. The highest BCUT2D eigenvalue weighted by Gasteiger charge is 2.37. The van der Waals surface area contributed by atoms with E-state index in [2.05, 4.69) is 4.90 Å². The smallest absolute Gasteiger partial charge is 0.126 e. The van der Waals surface area contributed by atoms with Crippen molar-refractivity contribution in [2.75, 3.05) is 13.1 Å². The summed E-state index contributed by atoms with van der Waals surface area (Å²) in [7, 11) is 0. The molecule has 4 heteroatoms. The summed E-state index contributed by atoms with van der Waals surface area (Å²) >= 11 is 0. The second kappa shape index (κ2) is 6.99. The van der Waals surface area contributed by atoms with E-state index in [-0.39, 0.29) is 18.2 Å². The van der Waals surface area contributed by atoms with Gasteiger partial charge < -0.3 is 14.9 Å². The third-order valence-electron chi connectivity index (χ3n) is 5.01. The van der Waals surface area contributed by atoms with Gasteiger partial charge in [-0.25, -0.2) is 0 Å². The molecule has 3 rings (SSSR count). The Labute approximate surface area is 132 Å². The molecule has 0 unspecified atom stereocenters. The van der Waals surface area contributed by atoms with Gasteiger partial charge in [0, 0.05) is 19.1 Å². The normalized spacial score (nSPS) is 31.1. The number of ether oxygens (including phenoxy) is 1. The van der Waals surface area contributed by atoms with Gasteiger partial charge in [0.1, 0.15) is 18.0 Å². The zero-order valence-electron chi connectivity index (χ0n) is 13.3. The van der Waals surface area contributed by atoms with Crippen molar-refractivity contribution in [3.8, 4) is 5.75 Å². The lowest BCUT2D eigenvalue weighted by Crippen LogP contribution is -2.55. The van der Waals surface area contributed by atoms with Crippen LogP contribution in [0.1, 0.15) is 37.7 Å². The fourth-order valence-corrected chi connectivity index (χ4v) is 3.73. The number of aliphatic hydroxyl groups excluding tert-OH is 2. The number of piperidine rings is 1. The molecule has 0 radical (unpaired) electrons. The average Bonchev–Trinajstić information content (AvgIpc) is 2.51. The van der Waals surface area contributed by atoms with Crippen LogP contribution in [0.5, 0.6) is 5.75 Å². The number of aliphatic hydroxyl groups is 2. The lowest BCUT2D eigenvalue weighted by molar-refractivity contribution is -0.0656. The fourth-order valence-electron chi connectivity index (χ4n) is 3.73. The molecule has 3 atom stereocenters. The Bertz CT molecular complexity index is 485. The van der Waals surface area contributed by atoms with Crippen LogP contribution < -0.4 is 4.74 Å². The van der Waals surface area contributed by atoms with Gasteiger partial charge in [-0.1, -0.05) is 12.1 Å². The Hall–Kier alpha value is -1.10. The van der Waals surface area contributed by atoms with Crippen molar-refractivity contribution in [1.29, 1.82) is 0 Å². The van der Waals surface area contributed by atoms with Gasteiger partial charge in [0.05, 0.1) is 6.10 Å². The number of hydrogen-bond donors (Lipinski definition) is 2. The van der Waals surface area contributed by atoms with E-state index in [0.717, 1.165) is 50.9 Å². The minimum Gasteiger partial charge on any atom is -0.488 e. The third kappa shape index (κ3) is 3.62. The van der Waals surface area contributed by atoms with Gasteiger partial charge in [-0.2, -0.15) is 0 Å². The van der Waals surface area contributed by atoms with Gasteiger partial charge in [-0.05, 0) is 56.7 Å². The average molecular weight is 305 g/mol. The molecule has 1 aromatic carbocycles. The van der Waals surface area contributed by atoms with Gasteiger partial charge in [-0.15, -0.1) is 0 Å². The molecule has 2 N–H and O–H groups in total. The summed E-state index contributed by atoms with van der Waals surface area (Å²) < 4.78 is 6.06. The van der Waals surface area contributed by atoms with Crippen molar-refractivity contribution in [3.05, 3.63) is 29.8 Å². The molecule has 1 heterocycles. The van der Waals surface area contributed by atoms with E-state index in [1.165, 1.54) is 5.56 Å². The molecule has 0 bridgehead atoms. The first-order valence-electron chi connectivity index (χ1n) is 8.47. The van der Waals surface area contributed by atoms with Crippen molar-refractivity contribution in [1.82, 2.24) is 4.90 Å². The SMILES string of the molecule is Cc1cccc(O[C@@H]2CCC[C@H](N3CCC(O)CC3)[C@H]2O)c1. The molecular formula is C18H27NO3. The number of nitrogens with zero attached hydrogens (tertiary/aromatic N) is 1. The number of benzene rings is 1. The molecule has 22 heavy (non-hydrogen) atoms. The first-order chi connectivity index (χ1) is 10.6. The number of likely N-dealkylation sites (tertiary alicyclic amines) is 1. The van der Waals surface area contributed by atoms with E-state index < -0.39 is 6.10 Å². The number of rotatable bonds is 3. The van der Waals surface area contributed by atoms with Crippen LogP contribution in [-0.2, 0) is 0 Å². The lowest BCUT2D eigenvalue weighted by Gasteiger charge is -2.43. The van der Waals surface area contributed by atoms with Gasteiger partial charge in [0.25, 0.3) is 0 Å². The molecule has 1 saturated carbocycles. The van der Waals surface area contributed by atoms with Crippen molar-refractivity contribution in [3.63, 3.8) is 0 Å². The maximum Gasteiger partial charge on any atom is 0.126 e. The van der Waals surface area contributed by atoms with Crippen molar-refractivity contribution in [2.24, 2.45) is 0 Å². The second-order valence-electron chi connectivity index (χ2n) is 6.73. The standard InChI is InChI=1S/C18H27NO3/c1-13-4-2-5-15(12-13)22-17-7-3-6-16(18(17)21)19-10-8-14(20)9-11-19/h2,4-5,12,14,16-18,20-21H,3,6-11H2,1H3/t16-,17+,18+/m0/s1. The molecule has 0 amide bonds. The molecule has 0 aromatic heterocycles. The number of hydrogen-bond acceptors (Lipinski definition) is 4. The molecule has 4 nitrogen and oxygen atoms in total. The van der Waals surface area contributed by atoms with Crippen LogP contribution in [0, 0.1) is 6.92 Å². The monoisotopic (exact) mass is 305 g/mol. The zero-order valence-corrected chi connectivity index (χ0v) is 13.3. The van der Waals surface area contributed by atoms with E-state index in [9.17, 15) is 10.2 Å². The Morgan fingerprint density at radius 1 is 1.09 bits per heavy atom. The van der Waals surface area contributed by atoms with E-state index in [1.54, 1.807) is 0 Å². The molecule has 1 aliphatic carbocycles. The summed E-state index contributed by atoms with van der Waals surface area (Å²) in [5, 5.41) is 20.4. The number of aryl methyl sites for hydroxylation is 1. The van der Waals surface area contributed by atoms with E-state index in [0.29, 0.717) is 0 Å². The van der Waals surface area contributed by atoms with E-state index >= 15 is 0 Å². The van der Waals surface area contributed by atoms with Crippen LogP contribution in [0.25, 0.3) is 0 Å². The Balaban J connectivity index is 1.63. The summed E-state index contributed by atoms with van der Waals surface area (Å²) in [5.41, 5.74) is 1.17. The molecule has 1 saturated heterocycles. The van der Waals surface area contributed by atoms with Crippen LogP contribution >= 0.6 is 0 Å². The van der Waals surface area contributed by atoms with Gasteiger partial charge in [-0.3, -0.25) is 4.90 Å². The van der Waals surface area contributed by atoms with Crippen LogP contribution in [0.4, 0.5) is 0 Å². The molecule has 2 aliphatic rings. The highest BCUT2D eigenvalue weighted by Crippen LogP contribution is 2.29. The van der Waals surface area contributed by atoms with Crippen molar-refractivity contribution in [2.45, 2.75) is 63.4 Å². The first kappa shape index (κ1) is 15.8. The summed E-state index contributed by atoms with van der Waals surface area (Å²) in [5.74, 6) is 0.846. The molecule has 1 aromatic rings. The fraction of sp³-hybridized carbons (Fsp3) is 0.667. The highest BCUT2D eigenvalue weighted by molar-refractivity contribution is 5.27. The Morgan fingerprint density at radius 2 is 1.86 bits per heavy atom. The van der Waals surface area contributed by atoms with E-state index in [4.69, 9.17) is 4.74 Å². The Kier molecular flexibility index (Phi) is 5.01. The van der Waals surface area contributed by atoms with Gasteiger partial charge in [0.2, 0.25) is 0 Å². The molecule has 122 valence electrons. The summed E-state index contributed by atoms with van der Waals surface area (Å²) in [6.45, 7) is 3.80. The molecule has 2 fully saturated rings. The van der Waals surface area contributed by atoms with Crippen molar-refractivity contribution >= 4 is 0 Å². The second-order valence-corrected chi connectivity index (χ2v) is 6.73. The van der Waals surface area contributed by atoms with Crippen LogP contribution in [0.2, 0.25) is 0 Å². The maximum atomic E-state index is 10.7. The largest absolute Gasteiger partial charge is 0.488 e. The van der Waals surface area contributed by atoms with Crippen LogP contribution in [-0.4, -0.2) is 52.6 Å². The summed E-state index contributed by atoms with van der Waals surface area (Å²) in [6, 6.07) is 8.18. The minimum atomic E-state index is -0.454. The third-order valence-corrected chi connectivity index (χ3v) is 5.01. The van der Waals surface area contributed by atoms with Gasteiger partial charge >= 0.3 is 0 Å². The minimum absolute atomic E-state index is 0.132. The van der Waals surface area contributed by atoms with Crippen molar-refractivity contribution < 1.29 is 14.9 Å².